The fraction of sp³-hybridized carbons (Fsp3) is 0.471. The largest absolute Gasteiger partial charge is 0.487 e. The number of hydrogen-bond acceptors (Lipinski definition) is 4. The van der Waals surface area contributed by atoms with Crippen LogP contribution in [-0.4, -0.2) is 15.0 Å². The lowest BCUT2D eigenvalue weighted by Crippen LogP contribution is -2.09. The first-order chi connectivity index (χ1) is 10.7. The molecule has 0 saturated carbocycles. The van der Waals surface area contributed by atoms with Gasteiger partial charge in [-0.25, -0.2) is 4.68 Å². The molecule has 0 fully saturated rings. The number of ether oxygens (including phenoxy) is 1. The number of aryl methyl sites for hydroxylation is 2. The SMILES string of the molecule is CCCCCCn1nnc(C#N)c1COc1ccc(C)cc1. The average Bonchev–Trinajstić information content (AvgIpc) is 2.93. The van der Waals surface area contributed by atoms with Crippen LogP contribution in [0.5, 0.6) is 5.75 Å². The first kappa shape index (κ1) is 16.0. The van der Waals surface area contributed by atoms with Gasteiger partial charge in [0.05, 0.1) is 0 Å². The van der Waals surface area contributed by atoms with Crippen LogP contribution in [0, 0.1) is 18.3 Å². The molecule has 0 aliphatic heterocycles. The van der Waals surface area contributed by atoms with Crippen molar-refractivity contribution < 1.29 is 4.74 Å². The molecule has 0 saturated heterocycles. The third kappa shape index (κ3) is 4.32. The summed E-state index contributed by atoms with van der Waals surface area (Å²) in [7, 11) is 0. The van der Waals surface area contributed by atoms with E-state index < -0.39 is 0 Å². The molecular formula is C17H22N4O. The van der Waals surface area contributed by atoms with E-state index in [0.717, 1.165) is 30.8 Å². The number of hydrogen-bond donors (Lipinski definition) is 0. The molecule has 5 heteroatoms. The Hall–Kier alpha value is -2.35. The highest BCUT2D eigenvalue weighted by Gasteiger charge is 2.13. The smallest absolute Gasteiger partial charge is 0.189 e. The maximum Gasteiger partial charge on any atom is 0.189 e. The molecule has 0 bridgehead atoms. The number of nitriles is 1. The molecule has 1 aromatic heterocycles. The van der Waals surface area contributed by atoms with Crippen LogP contribution >= 0.6 is 0 Å². The highest BCUT2D eigenvalue weighted by Crippen LogP contribution is 2.15. The third-order valence-electron chi connectivity index (χ3n) is 3.56. The van der Waals surface area contributed by atoms with Crippen molar-refractivity contribution in [3.05, 3.63) is 41.2 Å². The van der Waals surface area contributed by atoms with Gasteiger partial charge in [0.1, 0.15) is 24.1 Å². The summed E-state index contributed by atoms with van der Waals surface area (Å²) in [5.74, 6) is 0.785. The lowest BCUT2D eigenvalue weighted by molar-refractivity contribution is 0.290. The molecule has 1 heterocycles. The summed E-state index contributed by atoms with van der Waals surface area (Å²) < 4.78 is 7.56. The van der Waals surface area contributed by atoms with E-state index >= 15 is 0 Å². The van der Waals surface area contributed by atoms with Gasteiger partial charge in [-0.15, -0.1) is 5.10 Å². The van der Waals surface area contributed by atoms with Gasteiger partial charge in [0.15, 0.2) is 5.69 Å². The van der Waals surface area contributed by atoms with E-state index in [1.54, 1.807) is 4.68 Å². The normalized spacial score (nSPS) is 10.4. The first-order valence-electron chi connectivity index (χ1n) is 7.76. The molecule has 5 nitrogen and oxygen atoms in total. The maximum atomic E-state index is 9.15. The van der Waals surface area contributed by atoms with Gasteiger partial charge >= 0.3 is 0 Å². The maximum absolute atomic E-state index is 9.15. The van der Waals surface area contributed by atoms with Crippen LogP contribution < -0.4 is 4.74 Å². The Bertz CT molecular complexity index is 625. The van der Waals surface area contributed by atoms with E-state index in [1.165, 1.54) is 18.4 Å². The summed E-state index contributed by atoms with van der Waals surface area (Å²) in [5, 5.41) is 17.2. The number of nitrogens with zero attached hydrogens (tertiary/aromatic N) is 4. The Morgan fingerprint density at radius 3 is 2.64 bits per heavy atom. The summed E-state index contributed by atoms with van der Waals surface area (Å²) in [4.78, 5) is 0. The fourth-order valence-electron chi connectivity index (χ4n) is 2.22. The highest BCUT2D eigenvalue weighted by molar-refractivity contribution is 5.28. The summed E-state index contributed by atoms with van der Waals surface area (Å²) in [6, 6.07) is 9.94. The van der Waals surface area contributed by atoms with E-state index in [9.17, 15) is 0 Å². The number of benzene rings is 1. The van der Waals surface area contributed by atoms with E-state index in [4.69, 9.17) is 10.00 Å². The minimum atomic E-state index is 0.312. The highest BCUT2D eigenvalue weighted by atomic mass is 16.5. The molecule has 0 N–H and O–H groups in total. The van der Waals surface area contributed by atoms with Gasteiger partial charge in [0.25, 0.3) is 0 Å². The van der Waals surface area contributed by atoms with Gasteiger partial charge < -0.3 is 4.74 Å². The van der Waals surface area contributed by atoms with Crippen LogP contribution in [0.2, 0.25) is 0 Å². The van der Waals surface area contributed by atoms with E-state index in [0.29, 0.717) is 12.3 Å². The van der Waals surface area contributed by atoms with E-state index in [1.807, 2.05) is 31.2 Å². The van der Waals surface area contributed by atoms with Crippen LogP contribution in [0.1, 0.15) is 49.6 Å². The van der Waals surface area contributed by atoms with Crippen molar-refractivity contribution in [3.8, 4) is 11.8 Å². The Balaban J connectivity index is 2.00. The lowest BCUT2D eigenvalue weighted by atomic mass is 10.2. The van der Waals surface area contributed by atoms with Gasteiger partial charge in [-0.05, 0) is 25.5 Å². The van der Waals surface area contributed by atoms with Crippen molar-refractivity contribution in [2.75, 3.05) is 0 Å². The monoisotopic (exact) mass is 298 g/mol. The Labute approximate surface area is 131 Å². The van der Waals surface area contributed by atoms with Crippen LogP contribution in [-0.2, 0) is 13.2 Å². The van der Waals surface area contributed by atoms with Crippen LogP contribution in [0.15, 0.2) is 24.3 Å². The molecule has 1 aromatic carbocycles. The molecule has 0 atom stereocenters. The molecule has 2 rings (SSSR count). The van der Waals surface area contributed by atoms with Crippen molar-refractivity contribution in [2.24, 2.45) is 0 Å². The zero-order chi connectivity index (χ0) is 15.8. The van der Waals surface area contributed by atoms with Gasteiger partial charge in [0, 0.05) is 6.54 Å². The van der Waals surface area contributed by atoms with Gasteiger partial charge in [-0.2, -0.15) is 5.26 Å². The standard InChI is InChI=1S/C17H22N4O/c1-3-4-5-6-11-21-17(16(12-18)19-20-21)13-22-15-9-7-14(2)8-10-15/h7-10H,3-6,11,13H2,1-2H3. The summed E-state index contributed by atoms with van der Waals surface area (Å²) in [6.07, 6.45) is 4.62. The van der Waals surface area contributed by atoms with Gasteiger partial charge in [-0.3, -0.25) is 0 Å². The molecule has 0 aliphatic carbocycles. The lowest BCUT2D eigenvalue weighted by Gasteiger charge is -2.09. The Morgan fingerprint density at radius 1 is 1.18 bits per heavy atom. The van der Waals surface area contributed by atoms with Crippen molar-refractivity contribution in [1.29, 1.82) is 5.26 Å². The second-order valence-corrected chi connectivity index (χ2v) is 5.38. The molecule has 0 aliphatic rings. The van der Waals surface area contributed by atoms with E-state index in [2.05, 4.69) is 23.3 Å². The molecule has 0 spiro atoms. The Kier molecular flexibility index (Phi) is 5.96. The molecule has 0 radical (unpaired) electrons. The second-order valence-electron chi connectivity index (χ2n) is 5.38. The van der Waals surface area contributed by atoms with Crippen molar-refractivity contribution in [3.63, 3.8) is 0 Å². The molecule has 2 aromatic rings. The van der Waals surface area contributed by atoms with Crippen LogP contribution in [0.3, 0.4) is 0 Å². The zero-order valence-electron chi connectivity index (χ0n) is 13.2. The number of rotatable bonds is 8. The predicted molar refractivity (Wildman–Crippen MR) is 84.4 cm³/mol. The third-order valence-corrected chi connectivity index (χ3v) is 3.56. The average molecular weight is 298 g/mol. The van der Waals surface area contributed by atoms with Crippen molar-refractivity contribution in [2.45, 2.75) is 52.7 Å². The minimum Gasteiger partial charge on any atom is -0.487 e. The zero-order valence-corrected chi connectivity index (χ0v) is 13.2. The first-order valence-corrected chi connectivity index (χ1v) is 7.76. The quantitative estimate of drug-likeness (QED) is 0.698. The molecular weight excluding hydrogens is 276 g/mol. The fourth-order valence-corrected chi connectivity index (χ4v) is 2.22. The predicted octanol–water partition coefficient (Wildman–Crippen LogP) is 3.62. The second kappa shape index (κ2) is 8.18. The van der Waals surface area contributed by atoms with Crippen molar-refractivity contribution >= 4 is 0 Å². The molecule has 116 valence electrons. The van der Waals surface area contributed by atoms with E-state index in [-0.39, 0.29) is 0 Å². The number of aromatic nitrogens is 3. The summed E-state index contributed by atoms with van der Waals surface area (Å²) in [5.41, 5.74) is 2.29. The summed E-state index contributed by atoms with van der Waals surface area (Å²) in [6.45, 7) is 5.31. The molecule has 0 amide bonds. The molecule has 22 heavy (non-hydrogen) atoms. The molecule has 0 unspecified atom stereocenters. The van der Waals surface area contributed by atoms with Gasteiger partial charge in [0.2, 0.25) is 0 Å². The van der Waals surface area contributed by atoms with Gasteiger partial charge in [-0.1, -0.05) is 49.1 Å². The van der Waals surface area contributed by atoms with Crippen LogP contribution in [0.4, 0.5) is 0 Å². The van der Waals surface area contributed by atoms with Crippen LogP contribution in [0.25, 0.3) is 0 Å². The Morgan fingerprint density at radius 2 is 1.95 bits per heavy atom. The topological polar surface area (TPSA) is 63.7 Å². The minimum absolute atomic E-state index is 0.312. The number of unbranched alkanes of at least 4 members (excludes halogenated alkanes) is 3. The summed E-state index contributed by atoms with van der Waals surface area (Å²) >= 11 is 0. The van der Waals surface area contributed by atoms with Crippen molar-refractivity contribution in [1.82, 2.24) is 15.0 Å².